The van der Waals surface area contributed by atoms with Crippen LogP contribution in [0, 0.1) is 13.8 Å². The number of rotatable bonds is 4. The smallest absolute Gasteiger partial charge is 0.259 e. The molecule has 1 amide bonds. The normalized spacial score (nSPS) is 14.7. The molecule has 0 unspecified atom stereocenters. The number of amides is 1. The number of carbonyl (C=O) groups excluding carboxylic acids is 1. The monoisotopic (exact) mass is 442 g/mol. The van der Waals surface area contributed by atoms with Crippen molar-refractivity contribution in [1.82, 2.24) is 15.1 Å². The van der Waals surface area contributed by atoms with Crippen LogP contribution in [0.3, 0.4) is 0 Å². The largest absolute Gasteiger partial charge is 0.322 e. The van der Waals surface area contributed by atoms with Gasteiger partial charge in [-0.1, -0.05) is 35.3 Å². The molecule has 1 aliphatic rings. The van der Waals surface area contributed by atoms with E-state index in [1.165, 1.54) is 0 Å². The molecule has 7 heteroatoms. The minimum atomic E-state index is -0.186. The van der Waals surface area contributed by atoms with E-state index in [2.05, 4.69) is 15.7 Å². The molecule has 0 atom stereocenters. The van der Waals surface area contributed by atoms with Gasteiger partial charge in [-0.2, -0.15) is 5.10 Å². The van der Waals surface area contributed by atoms with Crippen molar-refractivity contribution in [3.63, 3.8) is 0 Å². The predicted molar refractivity (Wildman–Crippen MR) is 122 cm³/mol. The fraction of sp³-hybridized carbons (Fsp3) is 0.304. The quantitative estimate of drug-likeness (QED) is 0.559. The average Bonchev–Trinajstić information content (AvgIpc) is 3.18. The average molecular weight is 443 g/mol. The fourth-order valence-corrected chi connectivity index (χ4v) is 4.26. The third-order valence-electron chi connectivity index (χ3n) is 5.67. The van der Waals surface area contributed by atoms with E-state index in [0.717, 1.165) is 48.4 Å². The van der Waals surface area contributed by atoms with Gasteiger partial charge in [0.1, 0.15) is 0 Å². The predicted octanol–water partition coefficient (Wildman–Crippen LogP) is 5.52. The zero-order valence-corrected chi connectivity index (χ0v) is 18.5. The Labute approximate surface area is 186 Å². The van der Waals surface area contributed by atoms with E-state index >= 15 is 0 Å². The molecule has 0 radical (unpaired) electrons. The lowest BCUT2D eigenvalue weighted by molar-refractivity contribution is 0.102. The molecular weight excluding hydrogens is 419 g/mol. The Morgan fingerprint density at radius 1 is 1.13 bits per heavy atom. The van der Waals surface area contributed by atoms with Crippen LogP contribution in [-0.4, -0.2) is 28.8 Å². The number of benzene rings is 2. The van der Waals surface area contributed by atoms with Crippen molar-refractivity contribution in [2.75, 3.05) is 18.4 Å². The van der Waals surface area contributed by atoms with E-state index in [9.17, 15) is 4.79 Å². The molecule has 1 aliphatic heterocycles. The zero-order chi connectivity index (χ0) is 21.3. The standard InChI is InChI=1S/C23H24Cl2N4O/c1-14-6-7-17(12-20(14)25)28-23(30)18-13-27-29(21-5-3-4-19(24)15(21)2)22(18)16-8-10-26-11-9-16/h3-7,12-13,16,26H,8-11H2,1-2H3,(H,28,30). The molecule has 0 aliphatic carbocycles. The van der Waals surface area contributed by atoms with E-state index < -0.39 is 0 Å². The molecule has 2 heterocycles. The highest BCUT2D eigenvalue weighted by Gasteiger charge is 2.27. The lowest BCUT2D eigenvalue weighted by Crippen LogP contribution is -2.29. The van der Waals surface area contributed by atoms with Gasteiger partial charge < -0.3 is 10.6 Å². The molecule has 1 fully saturated rings. The van der Waals surface area contributed by atoms with Gasteiger partial charge in [0.05, 0.1) is 23.1 Å². The minimum absolute atomic E-state index is 0.186. The Hall–Kier alpha value is -2.34. The molecule has 3 aromatic rings. The maximum Gasteiger partial charge on any atom is 0.259 e. The second-order valence-electron chi connectivity index (χ2n) is 7.68. The third kappa shape index (κ3) is 4.10. The summed E-state index contributed by atoms with van der Waals surface area (Å²) < 4.78 is 1.88. The maximum absolute atomic E-state index is 13.2. The number of nitrogens with zero attached hydrogens (tertiary/aromatic N) is 2. The van der Waals surface area contributed by atoms with Crippen LogP contribution in [0.4, 0.5) is 5.69 Å². The van der Waals surface area contributed by atoms with Crippen LogP contribution in [-0.2, 0) is 0 Å². The summed E-state index contributed by atoms with van der Waals surface area (Å²) in [6.45, 7) is 5.73. The van der Waals surface area contributed by atoms with Crippen molar-refractivity contribution in [2.45, 2.75) is 32.6 Å². The van der Waals surface area contributed by atoms with Crippen LogP contribution in [0.25, 0.3) is 5.69 Å². The second-order valence-corrected chi connectivity index (χ2v) is 8.50. The molecule has 1 saturated heterocycles. The summed E-state index contributed by atoms with van der Waals surface area (Å²) in [5.41, 5.74) is 4.98. The van der Waals surface area contributed by atoms with Gasteiger partial charge in [-0.25, -0.2) is 4.68 Å². The number of halogens is 2. The summed E-state index contributed by atoms with van der Waals surface area (Å²) in [4.78, 5) is 13.2. The molecular formula is C23H24Cl2N4O. The van der Waals surface area contributed by atoms with E-state index in [1.54, 1.807) is 12.3 Å². The number of anilines is 1. The molecule has 5 nitrogen and oxygen atoms in total. The molecule has 4 rings (SSSR count). The highest BCUT2D eigenvalue weighted by atomic mass is 35.5. The molecule has 0 saturated carbocycles. The van der Waals surface area contributed by atoms with Crippen LogP contribution < -0.4 is 10.6 Å². The van der Waals surface area contributed by atoms with Crippen LogP contribution in [0.1, 0.15) is 45.9 Å². The molecule has 2 N–H and O–H groups in total. The van der Waals surface area contributed by atoms with Crippen LogP contribution >= 0.6 is 23.2 Å². The second kappa shape index (κ2) is 8.80. The Kier molecular flexibility index (Phi) is 6.14. The number of aryl methyl sites for hydroxylation is 1. The first-order chi connectivity index (χ1) is 14.5. The van der Waals surface area contributed by atoms with Crippen LogP contribution in [0.15, 0.2) is 42.6 Å². The highest BCUT2D eigenvalue weighted by molar-refractivity contribution is 6.32. The van der Waals surface area contributed by atoms with Gasteiger partial charge in [-0.05, 0) is 75.2 Å². The number of piperidine rings is 1. The van der Waals surface area contributed by atoms with Gasteiger partial charge in [-0.3, -0.25) is 4.79 Å². The molecule has 2 aromatic carbocycles. The third-order valence-corrected chi connectivity index (χ3v) is 6.49. The van der Waals surface area contributed by atoms with Crippen LogP contribution in [0.2, 0.25) is 10.0 Å². The highest BCUT2D eigenvalue weighted by Crippen LogP contribution is 2.33. The Morgan fingerprint density at radius 2 is 1.90 bits per heavy atom. The van der Waals surface area contributed by atoms with Gasteiger partial charge >= 0.3 is 0 Å². The maximum atomic E-state index is 13.2. The van der Waals surface area contributed by atoms with Gasteiger partial charge in [0.15, 0.2) is 0 Å². The van der Waals surface area contributed by atoms with Crippen molar-refractivity contribution >= 4 is 34.8 Å². The Morgan fingerprint density at radius 3 is 2.63 bits per heavy atom. The number of hydrogen-bond donors (Lipinski definition) is 2. The molecule has 0 spiro atoms. The molecule has 156 valence electrons. The summed E-state index contributed by atoms with van der Waals surface area (Å²) in [7, 11) is 0. The van der Waals surface area contributed by atoms with Crippen molar-refractivity contribution in [1.29, 1.82) is 0 Å². The topological polar surface area (TPSA) is 59.0 Å². The Balaban J connectivity index is 1.75. The van der Waals surface area contributed by atoms with Gasteiger partial charge in [0.25, 0.3) is 5.91 Å². The van der Waals surface area contributed by atoms with E-state index in [4.69, 9.17) is 23.2 Å². The summed E-state index contributed by atoms with van der Waals surface area (Å²) in [6.07, 6.45) is 3.55. The Bertz CT molecular complexity index is 1090. The van der Waals surface area contributed by atoms with E-state index in [0.29, 0.717) is 21.3 Å². The summed E-state index contributed by atoms with van der Waals surface area (Å²) in [5, 5.41) is 12.3. The first-order valence-corrected chi connectivity index (χ1v) is 10.8. The summed E-state index contributed by atoms with van der Waals surface area (Å²) >= 11 is 12.6. The summed E-state index contributed by atoms with van der Waals surface area (Å²) in [6, 6.07) is 11.3. The van der Waals surface area contributed by atoms with Crippen molar-refractivity contribution in [3.05, 3.63) is 75.0 Å². The molecule has 30 heavy (non-hydrogen) atoms. The first kappa shape index (κ1) is 20.9. The number of aromatic nitrogens is 2. The minimum Gasteiger partial charge on any atom is -0.322 e. The van der Waals surface area contributed by atoms with Gasteiger partial charge in [-0.15, -0.1) is 0 Å². The lowest BCUT2D eigenvalue weighted by Gasteiger charge is -2.25. The molecule has 1 aromatic heterocycles. The van der Waals surface area contributed by atoms with E-state index in [-0.39, 0.29) is 11.8 Å². The number of carbonyl (C=O) groups is 1. The van der Waals surface area contributed by atoms with Gasteiger partial charge in [0.2, 0.25) is 0 Å². The van der Waals surface area contributed by atoms with Gasteiger partial charge in [0, 0.05) is 21.7 Å². The SMILES string of the molecule is Cc1ccc(NC(=O)c2cnn(-c3cccc(Cl)c3C)c2C2CCNCC2)cc1Cl. The zero-order valence-electron chi connectivity index (χ0n) is 17.0. The van der Waals surface area contributed by atoms with Crippen molar-refractivity contribution in [3.8, 4) is 5.69 Å². The first-order valence-electron chi connectivity index (χ1n) is 10.1. The number of nitrogens with one attached hydrogen (secondary N) is 2. The fourth-order valence-electron chi connectivity index (χ4n) is 3.91. The van der Waals surface area contributed by atoms with E-state index in [1.807, 2.05) is 48.9 Å². The van der Waals surface area contributed by atoms with Crippen molar-refractivity contribution < 1.29 is 4.79 Å². The lowest BCUT2D eigenvalue weighted by atomic mass is 9.91. The van der Waals surface area contributed by atoms with Crippen molar-refractivity contribution in [2.24, 2.45) is 0 Å². The molecule has 0 bridgehead atoms. The number of hydrogen-bond acceptors (Lipinski definition) is 3. The summed E-state index contributed by atoms with van der Waals surface area (Å²) in [5.74, 6) is 0.0453. The van der Waals surface area contributed by atoms with Crippen LogP contribution in [0.5, 0.6) is 0 Å².